The van der Waals surface area contributed by atoms with Gasteiger partial charge in [-0.2, -0.15) is 5.06 Å². The van der Waals surface area contributed by atoms with Crippen LogP contribution in [0.1, 0.15) is 24.8 Å². The summed E-state index contributed by atoms with van der Waals surface area (Å²) < 4.78 is 11.1. The maximum atomic E-state index is 12.3. The molecule has 1 unspecified atom stereocenters. The van der Waals surface area contributed by atoms with Gasteiger partial charge in [0, 0.05) is 13.0 Å². The highest BCUT2D eigenvalue weighted by atomic mass is 16.7. The molecule has 1 atom stereocenters. The number of para-hydroxylation sites is 1. The number of anilines is 1. The van der Waals surface area contributed by atoms with Crippen LogP contribution >= 0.6 is 0 Å². The molecule has 1 aromatic rings. The van der Waals surface area contributed by atoms with Crippen LogP contribution in [-0.4, -0.2) is 31.8 Å². The van der Waals surface area contributed by atoms with E-state index in [0.29, 0.717) is 31.8 Å². The number of fused-ring (bicyclic) bond motifs is 1. The highest BCUT2D eigenvalue weighted by Gasteiger charge is 2.31. The van der Waals surface area contributed by atoms with Gasteiger partial charge in [0.2, 0.25) is 0 Å². The second-order valence-corrected chi connectivity index (χ2v) is 5.50. The molecule has 1 saturated heterocycles. The smallest absolute Gasteiger partial charge is 0.251 e. The van der Waals surface area contributed by atoms with Crippen molar-refractivity contribution >= 4 is 11.6 Å². The van der Waals surface area contributed by atoms with Gasteiger partial charge < -0.3 is 9.47 Å². The number of hydroxylamine groups is 1. The van der Waals surface area contributed by atoms with E-state index in [2.05, 4.69) is 6.58 Å². The number of hydrogen-bond acceptors (Lipinski definition) is 4. The van der Waals surface area contributed by atoms with Crippen LogP contribution in [-0.2, 0) is 20.8 Å². The molecule has 1 aromatic carbocycles. The van der Waals surface area contributed by atoms with Gasteiger partial charge in [-0.05, 0) is 30.9 Å². The Balaban J connectivity index is 1.86. The average Bonchev–Trinajstić information content (AvgIpc) is 2.56. The highest BCUT2D eigenvalue weighted by Crippen LogP contribution is 2.37. The fraction of sp³-hybridized carbons (Fsp3) is 0.471. The van der Waals surface area contributed by atoms with Crippen LogP contribution in [0.15, 0.2) is 30.9 Å². The molecule has 2 aliphatic heterocycles. The lowest BCUT2D eigenvalue weighted by Gasteiger charge is -2.33. The zero-order valence-electron chi connectivity index (χ0n) is 12.6. The Hall–Kier alpha value is -1.85. The van der Waals surface area contributed by atoms with Crippen molar-refractivity contribution in [2.24, 2.45) is 0 Å². The number of carbonyl (C=O) groups excluding carboxylic acids is 1. The fourth-order valence-corrected chi connectivity index (χ4v) is 2.79. The zero-order chi connectivity index (χ0) is 15.4. The second-order valence-electron chi connectivity index (χ2n) is 5.50. The number of hydrogen-bond donors (Lipinski definition) is 0. The summed E-state index contributed by atoms with van der Waals surface area (Å²) in [6.45, 7) is 5.34. The van der Waals surface area contributed by atoms with E-state index in [1.807, 2.05) is 18.2 Å². The van der Waals surface area contributed by atoms with Gasteiger partial charge in [0.15, 0.2) is 0 Å². The molecule has 0 radical (unpaired) electrons. The number of benzene rings is 1. The third-order valence-corrected chi connectivity index (χ3v) is 3.85. The summed E-state index contributed by atoms with van der Waals surface area (Å²) in [5.41, 5.74) is 1.80. The molecule has 0 aliphatic carbocycles. The Morgan fingerprint density at radius 1 is 1.41 bits per heavy atom. The van der Waals surface area contributed by atoms with E-state index in [0.717, 1.165) is 30.7 Å². The number of nitrogens with zero attached hydrogens (tertiary/aromatic N) is 1. The van der Waals surface area contributed by atoms with Crippen molar-refractivity contribution in [3.8, 4) is 5.75 Å². The molecule has 2 aliphatic rings. The van der Waals surface area contributed by atoms with Gasteiger partial charge in [-0.3, -0.25) is 9.63 Å². The molecule has 2 heterocycles. The van der Waals surface area contributed by atoms with Gasteiger partial charge in [0.05, 0.1) is 6.61 Å². The van der Waals surface area contributed by atoms with Crippen LogP contribution < -0.4 is 9.80 Å². The van der Waals surface area contributed by atoms with Crippen LogP contribution in [0.3, 0.4) is 0 Å². The predicted molar refractivity (Wildman–Crippen MR) is 82.9 cm³/mol. The Morgan fingerprint density at radius 3 is 3.09 bits per heavy atom. The quantitative estimate of drug-likeness (QED) is 0.785. The van der Waals surface area contributed by atoms with Gasteiger partial charge in [-0.25, -0.2) is 0 Å². The van der Waals surface area contributed by atoms with Crippen LogP contribution in [0.4, 0.5) is 5.69 Å². The van der Waals surface area contributed by atoms with Crippen molar-refractivity contribution in [1.82, 2.24) is 0 Å². The lowest BCUT2D eigenvalue weighted by atomic mass is 10.0. The first-order valence-electron chi connectivity index (χ1n) is 7.72. The summed E-state index contributed by atoms with van der Waals surface area (Å²) >= 11 is 0. The molecular formula is C17H21NO4. The molecular weight excluding hydrogens is 282 g/mol. The maximum Gasteiger partial charge on any atom is 0.251 e. The molecule has 0 N–H and O–H groups in total. The number of carbonyl (C=O) groups is 1. The Labute approximate surface area is 130 Å². The summed E-state index contributed by atoms with van der Waals surface area (Å²) in [5, 5.41) is 1.41. The topological polar surface area (TPSA) is 48.0 Å². The van der Waals surface area contributed by atoms with E-state index in [1.54, 1.807) is 6.08 Å². The predicted octanol–water partition coefficient (Wildman–Crippen LogP) is 2.64. The largest absolute Gasteiger partial charge is 0.487 e. The number of rotatable bonds is 5. The molecule has 0 saturated carbocycles. The average molecular weight is 303 g/mol. The van der Waals surface area contributed by atoms with Crippen molar-refractivity contribution < 1.29 is 19.1 Å². The molecule has 1 amide bonds. The summed E-state index contributed by atoms with van der Waals surface area (Å²) in [4.78, 5) is 18.3. The molecule has 118 valence electrons. The Kier molecular flexibility index (Phi) is 4.75. The lowest BCUT2D eigenvalue weighted by molar-refractivity contribution is -0.133. The minimum absolute atomic E-state index is 0.0345. The fourth-order valence-electron chi connectivity index (χ4n) is 2.79. The van der Waals surface area contributed by atoms with Crippen LogP contribution in [0, 0.1) is 0 Å². The lowest BCUT2D eigenvalue weighted by Crippen LogP contribution is -2.41. The van der Waals surface area contributed by atoms with E-state index in [1.165, 1.54) is 5.06 Å². The molecule has 0 aromatic heterocycles. The minimum atomic E-state index is -0.0869. The number of amides is 1. The second kappa shape index (κ2) is 6.94. The summed E-state index contributed by atoms with van der Waals surface area (Å²) in [5.74, 6) is 0.620. The van der Waals surface area contributed by atoms with Crippen LogP contribution in [0.25, 0.3) is 0 Å². The minimum Gasteiger partial charge on any atom is -0.487 e. The van der Waals surface area contributed by atoms with Gasteiger partial charge >= 0.3 is 0 Å². The van der Waals surface area contributed by atoms with E-state index in [9.17, 15) is 4.79 Å². The Bertz CT molecular complexity index is 552. The van der Waals surface area contributed by atoms with Crippen molar-refractivity contribution in [2.75, 3.05) is 24.9 Å². The number of ether oxygens (including phenoxy) is 2. The van der Waals surface area contributed by atoms with Gasteiger partial charge in [0.25, 0.3) is 5.91 Å². The normalized spacial score (nSPS) is 21.4. The summed E-state index contributed by atoms with van der Waals surface area (Å²) in [6.07, 6.45) is 4.61. The first-order valence-corrected chi connectivity index (χ1v) is 7.72. The van der Waals surface area contributed by atoms with Crippen LogP contribution in [0.2, 0.25) is 0 Å². The van der Waals surface area contributed by atoms with E-state index in [-0.39, 0.29) is 12.0 Å². The Morgan fingerprint density at radius 2 is 2.32 bits per heavy atom. The molecule has 3 rings (SSSR count). The van der Waals surface area contributed by atoms with Gasteiger partial charge in [0.1, 0.15) is 24.1 Å². The first kappa shape index (κ1) is 15.1. The summed E-state index contributed by atoms with van der Waals surface area (Å²) in [7, 11) is 0. The van der Waals surface area contributed by atoms with Gasteiger partial charge in [-0.15, -0.1) is 0 Å². The van der Waals surface area contributed by atoms with Gasteiger partial charge in [-0.1, -0.05) is 24.8 Å². The van der Waals surface area contributed by atoms with Crippen molar-refractivity contribution in [2.45, 2.75) is 31.8 Å². The molecule has 0 spiro atoms. The molecule has 0 bridgehead atoms. The third kappa shape index (κ3) is 3.15. The molecule has 5 nitrogen and oxygen atoms in total. The van der Waals surface area contributed by atoms with Crippen molar-refractivity contribution in [3.05, 3.63) is 36.4 Å². The molecule has 5 heteroatoms. The third-order valence-electron chi connectivity index (χ3n) is 3.85. The van der Waals surface area contributed by atoms with E-state index >= 15 is 0 Å². The van der Waals surface area contributed by atoms with Crippen LogP contribution in [0.5, 0.6) is 5.75 Å². The standard InChI is InChI=1S/C17H21NO4/c1-2-10-21-15-7-3-5-13-8-9-16(19)18(17(13)15)22-14-6-4-11-20-12-14/h2-3,5,7,14H,1,4,6,8-12H2. The van der Waals surface area contributed by atoms with E-state index < -0.39 is 0 Å². The van der Waals surface area contributed by atoms with Crippen molar-refractivity contribution in [1.29, 1.82) is 0 Å². The van der Waals surface area contributed by atoms with Crippen molar-refractivity contribution in [3.63, 3.8) is 0 Å². The highest BCUT2D eigenvalue weighted by molar-refractivity contribution is 5.96. The summed E-state index contributed by atoms with van der Waals surface area (Å²) in [6, 6.07) is 5.81. The molecule has 22 heavy (non-hydrogen) atoms. The number of aryl methyl sites for hydroxylation is 1. The monoisotopic (exact) mass is 303 g/mol. The van der Waals surface area contributed by atoms with E-state index in [4.69, 9.17) is 14.3 Å². The SMILES string of the molecule is C=CCOc1cccc2c1N(OC1CCCOC1)C(=O)CC2. The zero-order valence-corrected chi connectivity index (χ0v) is 12.6. The first-order chi connectivity index (χ1) is 10.8. The maximum absolute atomic E-state index is 12.3. The molecule has 1 fully saturated rings.